The molecule has 0 spiro atoms. The quantitative estimate of drug-likeness (QED) is 0.533. The molecule has 0 saturated carbocycles. The zero-order valence-corrected chi connectivity index (χ0v) is 8.19. The fourth-order valence-electron chi connectivity index (χ4n) is 1.69. The number of imide groups is 1. The normalized spacial score (nSPS) is 29.9. The lowest BCUT2D eigenvalue weighted by atomic mass is 10.1. The maximum Gasteiger partial charge on any atom is 0.328 e. The molecular weight excluding hydrogens is 202 g/mol. The highest BCUT2D eigenvalue weighted by Gasteiger charge is 2.49. The topological polar surface area (TPSA) is 85.7 Å². The van der Waals surface area contributed by atoms with Gasteiger partial charge in [0.05, 0.1) is 5.29 Å². The van der Waals surface area contributed by atoms with Gasteiger partial charge in [-0.3, -0.25) is 9.69 Å². The standard InChI is InChI=1S/C7H9N5O3/c1-10-5-4(12(9-15)3-8-5)6(13)11(2)7(10)14/h3-5H,1-2H3. The van der Waals surface area contributed by atoms with Gasteiger partial charge in [0.15, 0.2) is 12.2 Å². The van der Waals surface area contributed by atoms with Crippen LogP contribution >= 0.6 is 0 Å². The Balaban J connectivity index is 2.36. The summed E-state index contributed by atoms with van der Waals surface area (Å²) in [5, 5.41) is 3.59. The first-order valence-electron chi connectivity index (χ1n) is 4.27. The molecule has 80 valence electrons. The average Bonchev–Trinajstić information content (AvgIpc) is 2.67. The lowest BCUT2D eigenvalue weighted by Crippen LogP contribution is -2.62. The van der Waals surface area contributed by atoms with Crippen molar-refractivity contribution in [3.63, 3.8) is 0 Å². The van der Waals surface area contributed by atoms with E-state index in [0.29, 0.717) is 0 Å². The minimum Gasteiger partial charge on any atom is -0.302 e. The van der Waals surface area contributed by atoms with E-state index in [-0.39, 0.29) is 0 Å². The van der Waals surface area contributed by atoms with Gasteiger partial charge in [0.1, 0.15) is 6.34 Å². The van der Waals surface area contributed by atoms with Gasteiger partial charge < -0.3 is 4.90 Å². The van der Waals surface area contributed by atoms with E-state index in [9.17, 15) is 14.5 Å². The number of likely N-dealkylation sites (N-methyl/N-ethyl adjacent to an activating group) is 2. The van der Waals surface area contributed by atoms with Crippen molar-refractivity contribution in [1.82, 2.24) is 14.8 Å². The van der Waals surface area contributed by atoms with E-state index in [2.05, 4.69) is 10.3 Å². The van der Waals surface area contributed by atoms with Crippen LogP contribution in [-0.2, 0) is 4.79 Å². The summed E-state index contributed by atoms with van der Waals surface area (Å²) in [6.45, 7) is 0. The number of rotatable bonds is 1. The molecule has 2 rings (SSSR count). The summed E-state index contributed by atoms with van der Waals surface area (Å²) in [6.07, 6.45) is 0.516. The van der Waals surface area contributed by atoms with Crippen LogP contribution in [0.15, 0.2) is 10.3 Å². The Kier molecular flexibility index (Phi) is 1.92. The van der Waals surface area contributed by atoms with Gasteiger partial charge in [-0.1, -0.05) is 0 Å². The van der Waals surface area contributed by atoms with Crippen molar-refractivity contribution >= 4 is 18.3 Å². The van der Waals surface area contributed by atoms with Gasteiger partial charge in [0.25, 0.3) is 5.91 Å². The number of hydrogen-bond acceptors (Lipinski definition) is 5. The summed E-state index contributed by atoms with van der Waals surface area (Å²) in [5.41, 5.74) is 0. The van der Waals surface area contributed by atoms with Crippen LogP contribution < -0.4 is 0 Å². The van der Waals surface area contributed by atoms with E-state index < -0.39 is 24.1 Å². The first-order valence-corrected chi connectivity index (χ1v) is 4.27. The van der Waals surface area contributed by atoms with Gasteiger partial charge in [0, 0.05) is 14.1 Å². The van der Waals surface area contributed by atoms with Gasteiger partial charge in [0.2, 0.25) is 0 Å². The second-order valence-corrected chi connectivity index (χ2v) is 3.38. The maximum absolute atomic E-state index is 11.7. The molecule has 2 atom stereocenters. The van der Waals surface area contributed by atoms with Crippen LogP contribution in [-0.4, -0.2) is 59.4 Å². The van der Waals surface area contributed by atoms with Gasteiger partial charge >= 0.3 is 6.03 Å². The summed E-state index contributed by atoms with van der Waals surface area (Å²) >= 11 is 0. The minimum atomic E-state index is -0.824. The molecule has 0 aromatic heterocycles. The third kappa shape index (κ3) is 1.10. The van der Waals surface area contributed by atoms with Crippen molar-refractivity contribution in [2.75, 3.05) is 14.1 Å². The Morgan fingerprint density at radius 2 is 2.07 bits per heavy atom. The summed E-state index contributed by atoms with van der Waals surface area (Å²) < 4.78 is 0. The van der Waals surface area contributed by atoms with E-state index >= 15 is 0 Å². The Bertz CT molecular complexity index is 368. The van der Waals surface area contributed by atoms with Gasteiger partial charge in [-0.25, -0.2) is 14.8 Å². The first-order chi connectivity index (χ1) is 7.07. The molecule has 2 unspecified atom stereocenters. The maximum atomic E-state index is 11.7. The Labute approximate surface area is 85.1 Å². The van der Waals surface area contributed by atoms with Crippen LogP contribution in [0.5, 0.6) is 0 Å². The highest BCUT2D eigenvalue weighted by molar-refractivity contribution is 6.01. The Hall–Kier alpha value is -1.99. The molecule has 0 aromatic carbocycles. The summed E-state index contributed by atoms with van der Waals surface area (Å²) in [5.74, 6) is -0.472. The van der Waals surface area contributed by atoms with Crippen molar-refractivity contribution < 1.29 is 9.59 Å². The molecule has 0 N–H and O–H groups in total. The second kappa shape index (κ2) is 3.01. The largest absolute Gasteiger partial charge is 0.328 e. The number of fused-ring (bicyclic) bond motifs is 1. The fraction of sp³-hybridized carbons (Fsp3) is 0.571. The van der Waals surface area contributed by atoms with E-state index in [1.54, 1.807) is 0 Å². The predicted octanol–water partition coefficient (Wildman–Crippen LogP) is -0.770. The molecule has 2 aliphatic rings. The van der Waals surface area contributed by atoms with E-state index in [4.69, 9.17) is 0 Å². The molecule has 0 aliphatic carbocycles. The zero-order chi connectivity index (χ0) is 11.2. The van der Waals surface area contributed by atoms with E-state index in [0.717, 1.165) is 9.91 Å². The SMILES string of the molecule is CN1C(=O)C2C(N=CN2N=O)N(C)C1=O. The molecule has 15 heavy (non-hydrogen) atoms. The molecule has 3 amide bonds. The molecule has 2 aliphatic heterocycles. The molecule has 8 nitrogen and oxygen atoms in total. The molecule has 0 bridgehead atoms. The van der Waals surface area contributed by atoms with Crippen molar-refractivity contribution in [3.05, 3.63) is 4.91 Å². The van der Waals surface area contributed by atoms with Crippen LogP contribution in [0.2, 0.25) is 0 Å². The monoisotopic (exact) mass is 211 g/mol. The van der Waals surface area contributed by atoms with E-state index in [1.807, 2.05) is 0 Å². The number of aliphatic imine (C=N–C) groups is 1. The highest BCUT2D eigenvalue weighted by atomic mass is 16.3. The van der Waals surface area contributed by atoms with Gasteiger partial charge in [-0.05, 0) is 0 Å². The number of urea groups is 1. The van der Waals surface area contributed by atoms with Gasteiger partial charge in [-0.2, -0.15) is 0 Å². The van der Waals surface area contributed by atoms with Crippen LogP contribution in [0.4, 0.5) is 4.79 Å². The Morgan fingerprint density at radius 1 is 1.40 bits per heavy atom. The number of carbonyl (C=O) groups excluding carboxylic acids is 2. The Morgan fingerprint density at radius 3 is 2.67 bits per heavy atom. The van der Waals surface area contributed by atoms with Crippen molar-refractivity contribution in [1.29, 1.82) is 0 Å². The number of amides is 3. The highest BCUT2D eigenvalue weighted by Crippen LogP contribution is 2.24. The molecule has 0 radical (unpaired) electrons. The first kappa shape index (κ1) is 9.56. The third-order valence-corrected chi connectivity index (χ3v) is 2.57. The minimum absolute atomic E-state index is 0.439. The van der Waals surface area contributed by atoms with E-state index in [1.165, 1.54) is 25.3 Å². The predicted molar refractivity (Wildman–Crippen MR) is 49.6 cm³/mol. The molecule has 1 saturated heterocycles. The van der Waals surface area contributed by atoms with Crippen molar-refractivity contribution in [2.45, 2.75) is 12.2 Å². The molecule has 2 heterocycles. The summed E-state index contributed by atoms with van der Waals surface area (Å²) in [4.78, 5) is 39.7. The van der Waals surface area contributed by atoms with Crippen molar-refractivity contribution in [2.24, 2.45) is 10.3 Å². The average molecular weight is 211 g/mol. The third-order valence-electron chi connectivity index (χ3n) is 2.57. The lowest BCUT2D eigenvalue weighted by molar-refractivity contribution is -0.136. The summed E-state index contributed by atoms with van der Waals surface area (Å²) in [6, 6.07) is -1.26. The van der Waals surface area contributed by atoms with Crippen LogP contribution in [0.3, 0.4) is 0 Å². The number of carbonyl (C=O) groups is 2. The number of nitrogens with zero attached hydrogens (tertiary/aromatic N) is 5. The summed E-state index contributed by atoms with van der Waals surface area (Å²) in [7, 11) is 2.88. The lowest BCUT2D eigenvalue weighted by Gasteiger charge is -2.37. The van der Waals surface area contributed by atoms with Crippen molar-refractivity contribution in [3.8, 4) is 0 Å². The molecule has 1 fully saturated rings. The van der Waals surface area contributed by atoms with Crippen LogP contribution in [0, 0.1) is 4.91 Å². The smallest absolute Gasteiger partial charge is 0.302 e. The number of hydrogen-bond donors (Lipinski definition) is 0. The fourth-order valence-corrected chi connectivity index (χ4v) is 1.69. The van der Waals surface area contributed by atoms with Gasteiger partial charge in [-0.15, -0.1) is 4.91 Å². The second-order valence-electron chi connectivity index (χ2n) is 3.38. The zero-order valence-electron chi connectivity index (χ0n) is 8.19. The number of nitroso groups, excluding NO2 is 1. The van der Waals surface area contributed by atoms with Crippen LogP contribution in [0.1, 0.15) is 0 Å². The molecule has 8 heteroatoms. The molecular formula is C7H9N5O3. The van der Waals surface area contributed by atoms with Crippen LogP contribution in [0.25, 0.3) is 0 Å². The molecule has 0 aromatic rings.